The Morgan fingerprint density at radius 1 is 1.25 bits per heavy atom. The van der Waals surface area contributed by atoms with E-state index in [-0.39, 0.29) is 24.1 Å². The molecule has 1 atom stereocenters. The molecule has 1 rings (SSSR count). The van der Waals surface area contributed by atoms with Crippen molar-refractivity contribution in [3.05, 3.63) is 29.3 Å². The molecule has 7 heteroatoms. The third kappa shape index (κ3) is 8.62. The van der Waals surface area contributed by atoms with Gasteiger partial charge in [0.05, 0.1) is 13.1 Å². The molecule has 0 fully saturated rings. The Morgan fingerprint density at radius 3 is 2.42 bits per heavy atom. The lowest BCUT2D eigenvalue weighted by atomic mass is 10.1. The number of benzene rings is 1. The van der Waals surface area contributed by atoms with Crippen LogP contribution < -0.4 is 20.7 Å². The molecule has 1 amide bonds. The lowest BCUT2D eigenvalue weighted by Crippen LogP contribution is -2.49. The van der Waals surface area contributed by atoms with Gasteiger partial charge in [-0.2, -0.15) is 0 Å². The third-order valence-electron chi connectivity index (χ3n) is 2.86. The lowest BCUT2D eigenvalue weighted by molar-refractivity contribution is -0.121. The van der Waals surface area contributed by atoms with E-state index >= 15 is 0 Å². The molecule has 0 saturated carbocycles. The molecule has 0 bridgehead atoms. The van der Waals surface area contributed by atoms with Gasteiger partial charge in [-0.1, -0.05) is 11.6 Å². The highest BCUT2D eigenvalue weighted by Gasteiger charge is 2.14. The molecule has 1 aromatic carbocycles. The first-order valence-corrected chi connectivity index (χ1v) is 8.25. The SMILES string of the molecule is CN=C(NCC(=O)NC(C)(C)C)NCC(C)Oc1ccc(Cl)cc1. The molecule has 1 unspecified atom stereocenters. The van der Waals surface area contributed by atoms with Crippen molar-refractivity contribution < 1.29 is 9.53 Å². The van der Waals surface area contributed by atoms with Crippen LogP contribution in [0.1, 0.15) is 27.7 Å². The van der Waals surface area contributed by atoms with E-state index in [2.05, 4.69) is 20.9 Å². The Balaban J connectivity index is 2.35. The molecule has 134 valence electrons. The molecule has 0 radical (unpaired) electrons. The van der Waals surface area contributed by atoms with Crippen molar-refractivity contribution in [1.29, 1.82) is 0 Å². The van der Waals surface area contributed by atoms with Crippen molar-refractivity contribution in [2.45, 2.75) is 39.3 Å². The molecule has 24 heavy (non-hydrogen) atoms. The van der Waals surface area contributed by atoms with Crippen molar-refractivity contribution in [1.82, 2.24) is 16.0 Å². The highest BCUT2D eigenvalue weighted by Crippen LogP contribution is 2.16. The minimum atomic E-state index is -0.253. The number of guanidine groups is 1. The van der Waals surface area contributed by atoms with Crippen LogP contribution >= 0.6 is 11.6 Å². The van der Waals surface area contributed by atoms with Gasteiger partial charge < -0.3 is 20.7 Å². The van der Waals surface area contributed by atoms with Gasteiger partial charge in [-0.15, -0.1) is 0 Å². The summed E-state index contributed by atoms with van der Waals surface area (Å²) in [5, 5.41) is 9.65. The van der Waals surface area contributed by atoms with Crippen LogP contribution in [0.25, 0.3) is 0 Å². The first kappa shape index (κ1) is 20.1. The summed E-state index contributed by atoms with van der Waals surface area (Å²) in [7, 11) is 1.65. The largest absolute Gasteiger partial charge is 0.489 e. The second kappa shape index (κ2) is 9.37. The molecule has 0 aliphatic carbocycles. The minimum absolute atomic E-state index is 0.0758. The van der Waals surface area contributed by atoms with E-state index in [0.29, 0.717) is 17.5 Å². The fraction of sp³-hybridized carbons (Fsp3) is 0.529. The van der Waals surface area contributed by atoms with E-state index in [1.807, 2.05) is 39.8 Å². The molecule has 0 aromatic heterocycles. The number of halogens is 1. The molecule has 6 nitrogen and oxygen atoms in total. The summed E-state index contributed by atoms with van der Waals surface area (Å²) in [6, 6.07) is 7.21. The number of rotatable bonds is 6. The fourth-order valence-electron chi connectivity index (χ4n) is 1.87. The van der Waals surface area contributed by atoms with Gasteiger partial charge in [0.25, 0.3) is 0 Å². The van der Waals surface area contributed by atoms with Crippen LogP contribution in [-0.2, 0) is 4.79 Å². The number of hydrogen-bond donors (Lipinski definition) is 3. The van der Waals surface area contributed by atoms with E-state index in [9.17, 15) is 4.79 Å². The summed E-state index contributed by atoms with van der Waals surface area (Å²) in [5.41, 5.74) is -0.253. The monoisotopic (exact) mass is 354 g/mol. The van der Waals surface area contributed by atoms with Crippen molar-refractivity contribution in [2.24, 2.45) is 4.99 Å². The van der Waals surface area contributed by atoms with Gasteiger partial charge in [-0.05, 0) is 52.0 Å². The van der Waals surface area contributed by atoms with E-state index in [0.717, 1.165) is 5.75 Å². The second-order valence-electron chi connectivity index (χ2n) is 6.49. The maximum atomic E-state index is 11.8. The van der Waals surface area contributed by atoms with E-state index in [1.54, 1.807) is 19.2 Å². The van der Waals surface area contributed by atoms with Crippen LogP contribution in [0.4, 0.5) is 0 Å². The zero-order valence-corrected chi connectivity index (χ0v) is 15.7. The van der Waals surface area contributed by atoms with Crippen molar-refractivity contribution in [3.8, 4) is 5.75 Å². The molecular formula is C17H27ClN4O2. The van der Waals surface area contributed by atoms with Gasteiger partial charge in [-0.25, -0.2) is 0 Å². The van der Waals surface area contributed by atoms with Gasteiger partial charge >= 0.3 is 0 Å². The molecule has 0 aliphatic rings. The highest BCUT2D eigenvalue weighted by atomic mass is 35.5. The van der Waals surface area contributed by atoms with Gasteiger partial charge in [0, 0.05) is 17.6 Å². The molecule has 3 N–H and O–H groups in total. The maximum absolute atomic E-state index is 11.8. The normalized spacial score (nSPS) is 13.2. The molecule has 0 heterocycles. The summed E-state index contributed by atoms with van der Waals surface area (Å²) in [6.45, 7) is 8.46. The Bertz CT molecular complexity index is 553. The first-order valence-electron chi connectivity index (χ1n) is 7.87. The Kier molecular flexibility index (Phi) is 7.85. The minimum Gasteiger partial charge on any atom is -0.489 e. The molecular weight excluding hydrogens is 328 g/mol. The fourth-order valence-corrected chi connectivity index (χ4v) is 2.00. The number of amides is 1. The number of nitrogens with one attached hydrogen (secondary N) is 3. The summed E-state index contributed by atoms with van der Waals surface area (Å²) < 4.78 is 5.77. The summed E-state index contributed by atoms with van der Waals surface area (Å²) in [6.07, 6.45) is -0.0758. The average molecular weight is 355 g/mol. The number of carbonyl (C=O) groups excluding carboxylic acids is 1. The number of aliphatic imine (C=N–C) groups is 1. The Morgan fingerprint density at radius 2 is 1.88 bits per heavy atom. The molecule has 0 aliphatic heterocycles. The smallest absolute Gasteiger partial charge is 0.239 e. The summed E-state index contributed by atoms with van der Waals surface area (Å²) in [4.78, 5) is 15.9. The number of nitrogens with zero attached hydrogens (tertiary/aromatic N) is 1. The molecule has 1 aromatic rings. The van der Waals surface area contributed by atoms with Crippen LogP contribution in [0.3, 0.4) is 0 Å². The third-order valence-corrected chi connectivity index (χ3v) is 3.11. The standard InChI is InChI=1S/C17H27ClN4O2/c1-12(24-14-8-6-13(18)7-9-14)10-20-16(19-5)21-11-15(23)22-17(2,3)4/h6-9,12H,10-11H2,1-5H3,(H,22,23)(H2,19,20,21). The van der Waals surface area contributed by atoms with Gasteiger partial charge in [0.2, 0.25) is 5.91 Å². The quantitative estimate of drug-likeness (QED) is 0.540. The molecule has 0 spiro atoms. The number of hydrogen-bond acceptors (Lipinski definition) is 3. The van der Waals surface area contributed by atoms with Crippen molar-refractivity contribution >= 4 is 23.5 Å². The van der Waals surface area contributed by atoms with Crippen molar-refractivity contribution in [3.63, 3.8) is 0 Å². The Hall–Kier alpha value is -1.95. The maximum Gasteiger partial charge on any atom is 0.239 e. The summed E-state index contributed by atoms with van der Waals surface area (Å²) in [5.74, 6) is 1.21. The topological polar surface area (TPSA) is 74.8 Å². The summed E-state index contributed by atoms with van der Waals surface area (Å²) >= 11 is 5.85. The second-order valence-corrected chi connectivity index (χ2v) is 6.92. The van der Waals surface area contributed by atoms with Crippen LogP contribution in [0.2, 0.25) is 5.02 Å². The molecule has 0 saturated heterocycles. The zero-order chi connectivity index (χ0) is 18.2. The van der Waals surface area contributed by atoms with Crippen LogP contribution in [0.15, 0.2) is 29.3 Å². The average Bonchev–Trinajstić information content (AvgIpc) is 2.48. The van der Waals surface area contributed by atoms with Gasteiger partial charge in [0.15, 0.2) is 5.96 Å². The zero-order valence-electron chi connectivity index (χ0n) is 14.9. The predicted molar refractivity (Wildman–Crippen MR) is 98.8 cm³/mol. The van der Waals surface area contributed by atoms with Gasteiger partial charge in [-0.3, -0.25) is 9.79 Å². The Labute approximate surface area is 149 Å². The van der Waals surface area contributed by atoms with Gasteiger partial charge in [0.1, 0.15) is 11.9 Å². The van der Waals surface area contributed by atoms with E-state index in [1.165, 1.54) is 0 Å². The van der Waals surface area contributed by atoms with Crippen LogP contribution in [-0.4, -0.2) is 43.6 Å². The van der Waals surface area contributed by atoms with Crippen LogP contribution in [0.5, 0.6) is 5.75 Å². The first-order chi connectivity index (χ1) is 11.2. The highest BCUT2D eigenvalue weighted by molar-refractivity contribution is 6.30. The van der Waals surface area contributed by atoms with E-state index < -0.39 is 0 Å². The van der Waals surface area contributed by atoms with Crippen LogP contribution in [0, 0.1) is 0 Å². The van der Waals surface area contributed by atoms with E-state index in [4.69, 9.17) is 16.3 Å². The number of ether oxygens (including phenoxy) is 1. The van der Waals surface area contributed by atoms with Crippen molar-refractivity contribution in [2.75, 3.05) is 20.1 Å². The predicted octanol–water partition coefficient (Wildman–Crippen LogP) is 2.19. The number of carbonyl (C=O) groups is 1. The lowest BCUT2D eigenvalue weighted by Gasteiger charge is -2.21.